The molecule has 1 heterocycles. The van der Waals surface area contributed by atoms with Crippen LogP contribution >= 0.6 is 11.5 Å². The van der Waals surface area contributed by atoms with Crippen molar-refractivity contribution in [3.05, 3.63) is 10.8 Å². The Morgan fingerprint density at radius 2 is 2.56 bits per heavy atom. The van der Waals surface area contributed by atoms with Gasteiger partial charge in [0.25, 0.3) is 0 Å². The van der Waals surface area contributed by atoms with Gasteiger partial charge in [-0.2, -0.15) is 9.64 Å². The van der Waals surface area contributed by atoms with E-state index in [0.717, 1.165) is 5.01 Å². The van der Waals surface area contributed by atoms with E-state index in [4.69, 9.17) is 5.26 Å². The molecular formula is C5H5N3S. The van der Waals surface area contributed by atoms with Crippen molar-refractivity contribution in [2.24, 2.45) is 0 Å². The number of rotatable bonds is 1. The van der Waals surface area contributed by atoms with Gasteiger partial charge in [0.05, 0.1) is 12.5 Å². The fourth-order valence-corrected chi connectivity index (χ4v) is 0.973. The van der Waals surface area contributed by atoms with Crippen molar-refractivity contribution in [3.63, 3.8) is 0 Å². The molecule has 0 fully saturated rings. The Morgan fingerprint density at radius 1 is 1.78 bits per heavy atom. The molecule has 0 N–H and O–H groups in total. The van der Waals surface area contributed by atoms with Crippen LogP contribution in [-0.4, -0.2) is 9.36 Å². The first-order valence-electron chi connectivity index (χ1n) is 2.49. The fraction of sp³-hybridized carbons (Fsp3) is 0.400. The monoisotopic (exact) mass is 139 g/mol. The molecule has 46 valence electrons. The molecule has 3 nitrogen and oxygen atoms in total. The van der Waals surface area contributed by atoms with E-state index < -0.39 is 0 Å². The predicted octanol–water partition coefficient (Wildman–Crippen LogP) is 0.913. The zero-order valence-corrected chi connectivity index (χ0v) is 5.77. The maximum Gasteiger partial charge on any atom is 0.156 e. The van der Waals surface area contributed by atoms with E-state index >= 15 is 0 Å². The van der Waals surface area contributed by atoms with Gasteiger partial charge < -0.3 is 0 Å². The number of aromatic nitrogens is 2. The van der Waals surface area contributed by atoms with E-state index in [1.165, 1.54) is 11.5 Å². The lowest BCUT2D eigenvalue weighted by Crippen LogP contribution is -1.82. The SMILES string of the molecule is Cc1nc(CC#N)ns1. The smallest absolute Gasteiger partial charge is 0.156 e. The molecule has 0 saturated heterocycles. The van der Waals surface area contributed by atoms with Crippen LogP contribution in [-0.2, 0) is 6.42 Å². The van der Waals surface area contributed by atoms with Crippen LogP contribution in [0.1, 0.15) is 10.8 Å². The third kappa shape index (κ3) is 1.47. The summed E-state index contributed by atoms with van der Waals surface area (Å²) in [6.07, 6.45) is 0.324. The van der Waals surface area contributed by atoms with E-state index in [9.17, 15) is 0 Å². The molecule has 1 rings (SSSR count). The summed E-state index contributed by atoms with van der Waals surface area (Å²) >= 11 is 1.33. The number of nitrogens with zero attached hydrogens (tertiary/aromatic N) is 3. The lowest BCUT2D eigenvalue weighted by molar-refractivity contribution is 1.06. The van der Waals surface area contributed by atoms with Crippen LogP contribution in [0.2, 0.25) is 0 Å². The van der Waals surface area contributed by atoms with E-state index in [2.05, 4.69) is 9.36 Å². The molecule has 0 unspecified atom stereocenters. The van der Waals surface area contributed by atoms with Gasteiger partial charge in [-0.3, -0.25) is 0 Å². The minimum Gasteiger partial charge on any atom is -0.224 e. The van der Waals surface area contributed by atoms with E-state index in [0.29, 0.717) is 12.2 Å². The summed E-state index contributed by atoms with van der Waals surface area (Å²) in [4.78, 5) is 3.99. The van der Waals surface area contributed by atoms with Crippen LogP contribution in [0.15, 0.2) is 0 Å². The Balaban J connectivity index is 2.76. The molecule has 0 bridgehead atoms. The first kappa shape index (κ1) is 6.17. The molecule has 1 aromatic heterocycles. The first-order chi connectivity index (χ1) is 4.33. The van der Waals surface area contributed by atoms with E-state index in [-0.39, 0.29) is 0 Å². The lowest BCUT2D eigenvalue weighted by atomic mass is 10.5. The Labute approximate surface area is 57.1 Å². The summed E-state index contributed by atoms with van der Waals surface area (Å²) in [6, 6.07) is 1.98. The molecule has 0 radical (unpaired) electrons. The summed E-state index contributed by atoms with van der Waals surface area (Å²) in [5.41, 5.74) is 0. The van der Waals surface area contributed by atoms with Crippen molar-refractivity contribution >= 4 is 11.5 Å². The van der Waals surface area contributed by atoms with Crippen LogP contribution in [0.3, 0.4) is 0 Å². The van der Waals surface area contributed by atoms with Gasteiger partial charge in [0.1, 0.15) is 5.01 Å². The largest absolute Gasteiger partial charge is 0.224 e. The van der Waals surface area contributed by atoms with Gasteiger partial charge in [-0.15, -0.1) is 0 Å². The normalized spacial score (nSPS) is 8.89. The summed E-state index contributed by atoms with van der Waals surface area (Å²) in [5, 5.41) is 9.12. The van der Waals surface area contributed by atoms with Crippen LogP contribution < -0.4 is 0 Å². The number of hydrogen-bond acceptors (Lipinski definition) is 4. The third-order valence-electron chi connectivity index (χ3n) is 0.807. The minimum atomic E-state index is 0.324. The van der Waals surface area contributed by atoms with Crippen molar-refractivity contribution in [3.8, 4) is 6.07 Å². The minimum absolute atomic E-state index is 0.324. The molecule has 0 aromatic carbocycles. The van der Waals surface area contributed by atoms with Crippen molar-refractivity contribution in [2.75, 3.05) is 0 Å². The Kier molecular flexibility index (Phi) is 1.75. The van der Waals surface area contributed by atoms with Crippen molar-refractivity contribution < 1.29 is 0 Å². The highest BCUT2D eigenvalue weighted by molar-refractivity contribution is 7.05. The molecule has 0 spiro atoms. The average Bonchev–Trinajstić information content (AvgIpc) is 2.17. The van der Waals surface area contributed by atoms with Crippen LogP contribution in [0.5, 0.6) is 0 Å². The highest BCUT2D eigenvalue weighted by Gasteiger charge is 1.96. The van der Waals surface area contributed by atoms with Gasteiger partial charge >= 0.3 is 0 Å². The Hall–Kier alpha value is -0.950. The summed E-state index contributed by atoms with van der Waals surface area (Å²) in [6.45, 7) is 1.87. The molecule has 4 heteroatoms. The molecule has 0 aliphatic heterocycles. The topological polar surface area (TPSA) is 49.6 Å². The molecule has 0 amide bonds. The quantitative estimate of drug-likeness (QED) is 0.581. The lowest BCUT2D eigenvalue weighted by Gasteiger charge is -1.75. The van der Waals surface area contributed by atoms with Crippen LogP contribution in [0, 0.1) is 18.3 Å². The zero-order valence-electron chi connectivity index (χ0n) is 4.96. The first-order valence-corrected chi connectivity index (χ1v) is 3.26. The van der Waals surface area contributed by atoms with Gasteiger partial charge in [0.15, 0.2) is 5.82 Å². The fourth-order valence-electron chi connectivity index (χ4n) is 0.484. The Bertz CT molecular complexity index is 235. The van der Waals surface area contributed by atoms with Crippen molar-refractivity contribution in [1.82, 2.24) is 9.36 Å². The molecule has 0 atom stereocenters. The Morgan fingerprint density at radius 3 is 3.00 bits per heavy atom. The van der Waals surface area contributed by atoms with E-state index in [1.54, 1.807) is 0 Å². The standard InChI is InChI=1S/C5H5N3S/c1-4-7-5(2-3-6)8-9-4/h2H2,1H3. The maximum atomic E-state index is 8.20. The highest BCUT2D eigenvalue weighted by atomic mass is 32.1. The van der Waals surface area contributed by atoms with Gasteiger partial charge in [-0.25, -0.2) is 4.98 Å². The third-order valence-corrected chi connectivity index (χ3v) is 1.46. The second kappa shape index (κ2) is 2.55. The predicted molar refractivity (Wildman–Crippen MR) is 34.0 cm³/mol. The van der Waals surface area contributed by atoms with Gasteiger partial charge in [-0.05, 0) is 18.5 Å². The maximum absolute atomic E-state index is 8.20. The van der Waals surface area contributed by atoms with Gasteiger partial charge in [0, 0.05) is 0 Å². The number of nitriles is 1. The van der Waals surface area contributed by atoms with Crippen LogP contribution in [0.4, 0.5) is 0 Å². The summed E-state index contributed by atoms with van der Waals surface area (Å²) in [5.74, 6) is 0.639. The molecule has 0 saturated carbocycles. The van der Waals surface area contributed by atoms with Crippen LogP contribution in [0.25, 0.3) is 0 Å². The zero-order chi connectivity index (χ0) is 6.69. The number of aryl methyl sites for hydroxylation is 1. The average molecular weight is 139 g/mol. The van der Waals surface area contributed by atoms with Crippen molar-refractivity contribution in [2.45, 2.75) is 13.3 Å². The summed E-state index contributed by atoms with van der Waals surface area (Å²) in [7, 11) is 0. The second-order valence-corrected chi connectivity index (χ2v) is 2.52. The molecule has 0 aliphatic carbocycles. The second-order valence-electron chi connectivity index (χ2n) is 1.56. The summed E-state index contributed by atoms with van der Waals surface area (Å²) < 4.78 is 3.91. The molecule has 1 aromatic rings. The molecule has 0 aliphatic rings. The number of hydrogen-bond donors (Lipinski definition) is 0. The van der Waals surface area contributed by atoms with E-state index in [1.807, 2.05) is 13.0 Å². The molecular weight excluding hydrogens is 134 g/mol. The van der Waals surface area contributed by atoms with Crippen molar-refractivity contribution in [1.29, 1.82) is 5.26 Å². The van der Waals surface area contributed by atoms with Gasteiger partial charge in [-0.1, -0.05) is 0 Å². The highest BCUT2D eigenvalue weighted by Crippen LogP contribution is 2.01. The molecule has 9 heavy (non-hydrogen) atoms. The van der Waals surface area contributed by atoms with Gasteiger partial charge in [0.2, 0.25) is 0 Å².